The topological polar surface area (TPSA) is 35.6 Å². The first-order valence-corrected chi connectivity index (χ1v) is 6.00. The number of nitrogens with zero attached hydrogens (tertiary/aromatic N) is 2. The monoisotopic (exact) mass is 227 g/mol. The molecule has 0 aromatic carbocycles. The zero-order chi connectivity index (χ0) is 12.5. The molecule has 1 atom stereocenters. The number of hydrogen-bond donors (Lipinski definition) is 1. The molecule has 0 aliphatic carbocycles. The summed E-state index contributed by atoms with van der Waals surface area (Å²) in [5.41, 5.74) is -0.121. The lowest BCUT2D eigenvalue weighted by atomic mass is 10.0. The van der Waals surface area contributed by atoms with Crippen LogP contribution in [0.5, 0.6) is 0 Å². The lowest BCUT2D eigenvalue weighted by Gasteiger charge is -2.35. The molecule has 1 unspecified atom stereocenters. The zero-order valence-electron chi connectivity index (χ0n) is 11.4. The fourth-order valence-electron chi connectivity index (χ4n) is 2.41. The van der Waals surface area contributed by atoms with Gasteiger partial charge in [-0.2, -0.15) is 0 Å². The smallest absolute Gasteiger partial charge is 0.320 e. The van der Waals surface area contributed by atoms with Gasteiger partial charge >= 0.3 is 6.03 Å². The number of carbonyl (C=O) groups is 1. The second kappa shape index (κ2) is 4.62. The number of carbonyl (C=O) groups excluding carboxylic acids is 1. The van der Waals surface area contributed by atoms with Gasteiger partial charge in [0.1, 0.15) is 0 Å². The summed E-state index contributed by atoms with van der Waals surface area (Å²) in [5, 5.41) is 3.15. The van der Waals surface area contributed by atoms with E-state index in [1.807, 2.05) is 23.9 Å². The number of rotatable bonds is 4. The summed E-state index contributed by atoms with van der Waals surface area (Å²) in [7, 11) is 3.83. The van der Waals surface area contributed by atoms with E-state index >= 15 is 0 Å². The molecule has 4 nitrogen and oxygen atoms in total. The van der Waals surface area contributed by atoms with Crippen LogP contribution in [0.3, 0.4) is 0 Å². The molecule has 1 N–H and O–H groups in total. The molecule has 0 radical (unpaired) electrons. The third-order valence-electron chi connectivity index (χ3n) is 3.51. The molecular formula is C12H25N3O. The number of amides is 2. The van der Waals surface area contributed by atoms with Crippen molar-refractivity contribution in [2.45, 2.75) is 39.3 Å². The molecule has 1 heterocycles. The van der Waals surface area contributed by atoms with Crippen LogP contribution in [0.15, 0.2) is 0 Å². The van der Waals surface area contributed by atoms with Crippen molar-refractivity contribution < 1.29 is 4.79 Å². The van der Waals surface area contributed by atoms with E-state index in [1.54, 1.807) is 0 Å². The highest BCUT2D eigenvalue weighted by Crippen LogP contribution is 2.26. The van der Waals surface area contributed by atoms with Crippen LogP contribution < -0.4 is 5.32 Å². The van der Waals surface area contributed by atoms with Crippen molar-refractivity contribution in [3.8, 4) is 0 Å². The highest BCUT2D eigenvalue weighted by molar-refractivity contribution is 5.77. The summed E-state index contributed by atoms with van der Waals surface area (Å²) in [6.07, 6.45) is 0. The number of nitrogens with one attached hydrogen (secondary N) is 1. The first-order chi connectivity index (χ1) is 7.31. The predicted octanol–water partition coefficient (Wildman–Crippen LogP) is 1.38. The van der Waals surface area contributed by atoms with Crippen LogP contribution in [-0.4, -0.2) is 54.6 Å². The molecule has 2 amide bonds. The Bertz CT molecular complexity index is 263. The van der Waals surface area contributed by atoms with Gasteiger partial charge in [0.25, 0.3) is 0 Å². The van der Waals surface area contributed by atoms with Gasteiger partial charge in [-0.15, -0.1) is 0 Å². The summed E-state index contributed by atoms with van der Waals surface area (Å²) >= 11 is 0. The minimum atomic E-state index is -0.121. The number of likely N-dealkylation sites (N-methyl/N-ethyl adjacent to an activating group) is 2. The molecule has 1 aliphatic heterocycles. The zero-order valence-corrected chi connectivity index (χ0v) is 11.4. The molecular weight excluding hydrogens is 202 g/mol. The Hall–Kier alpha value is -0.770. The standard InChI is InChI=1S/C12H25N3O/c1-9(2)10-7-15(11(16)14(10)6)12(3,4)8-13-5/h9-10,13H,7-8H2,1-6H3. The molecule has 16 heavy (non-hydrogen) atoms. The average Bonchev–Trinajstić information content (AvgIpc) is 2.44. The van der Waals surface area contributed by atoms with Crippen molar-refractivity contribution >= 4 is 6.03 Å². The van der Waals surface area contributed by atoms with E-state index in [2.05, 4.69) is 33.0 Å². The Kier molecular flexibility index (Phi) is 3.84. The largest absolute Gasteiger partial charge is 0.323 e. The minimum absolute atomic E-state index is 0.121. The van der Waals surface area contributed by atoms with E-state index in [4.69, 9.17) is 0 Å². The molecule has 1 saturated heterocycles. The molecule has 94 valence electrons. The Morgan fingerprint density at radius 3 is 2.44 bits per heavy atom. The summed E-state index contributed by atoms with van der Waals surface area (Å²) in [6.45, 7) is 10.2. The third-order valence-corrected chi connectivity index (χ3v) is 3.51. The normalized spacial score (nSPS) is 22.4. The second-order valence-corrected chi connectivity index (χ2v) is 5.66. The van der Waals surface area contributed by atoms with E-state index in [1.165, 1.54) is 0 Å². The third kappa shape index (κ3) is 2.32. The molecule has 0 bridgehead atoms. The molecule has 4 heteroatoms. The van der Waals surface area contributed by atoms with E-state index < -0.39 is 0 Å². The molecule has 0 saturated carbocycles. The van der Waals surface area contributed by atoms with Crippen molar-refractivity contribution in [1.82, 2.24) is 15.1 Å². The van der Waals surface area contributed by atoms with Crippen LogP contribution in [0.2, 0.25) is 0 Å². The van der Waals surface area contributed by atoms with Crippen LogP contribution in [0.1, 0.15) is 27.7 Å². The Morgan fingerprint density at radius 2 is 2.06 bits per heavy atom. The lowest BCUT2D eigenvalue weighted by molar-refractivity contribution is 0.149. The summed E-state index contributed by atoms with van der Waals surface area (Å²) < 4.78 is 0. The molecule has 1 rings (SSSR count). The van der Waals surface area contributed by atoms with Crippen LogP contribution >= 0.6 is 0 Å². The van der Waals surface area contributed by atoms with E-state index in [9.17, 15) is 4.79 Å². The molecule has 1 aliphatic rings. The Morgan fingerprint density at radius 1 is 1.50 bits per heavy atom. The Labute approximate surface area is 99.0 Å². The van der Waals surface area contributed by atoms with Crippen molar-refractivity contribution in [2.75, 3.05) is 27.2 Å². The van der Waals surface area contributed by atoms with Gasteiger partial charge in [-0.05, 0) is 26.8 Å². The van der Waals surface area contributed by atoms with Crippen molar-refractivity contribution in [3.63, 3.8) is 0 Å². The van der Waals surface area contributed by atoms with Crippen molar-refractivity contribution in [3.05, 3.63) is 0 Å². The fraction of sp³-hybridized carbons (Fsp3) is 0.917. The quantitative estimate of drug-likeness (QED) is 0.787. The summed E-state index contributed by atoms with van der Waals surface area (Å²) in [4.78, 5) is 16.0. The summed E-state index contributed by atoms with van der Waals surface area (Å²) in [6, 6.07) is 0.489. The molecule has 1 fully saturated rings. The van der Waals surface area contributed by atoms with Gasteiger partial charge < -0.3 is 15.1 Å². The average molecular weight is 227 g/mol. The van der Waals surface area contributed by atoms with Crippen molar-refractivity contribution in [2.24, 2.45) is 5.92 Å². The fourth-order valence-corrected chi connectivity index (χ4v) is 2.41. The van der Waals surface area contributed by atoms with Gasteiger partial charge in [0.2, 0.25) is 0 Å². The highest BCUT2D eigenvalue weighted by Gasteiger charge is 2.42. The van der Waals surface area contributed by atoms with Crippen LogP contribution in [0.25, 0.3) is 0 Å². The predicted molar refractivity (Wildman–Crippen MR) is 66.5 cm³/mol. The SMILES string of the molecule is CNCC(C)(C)N1CC(C(C)C)N(C)C1=O. The highest BCUT2D eigenvalue weighted by atomic mass is 16.2. The van der Waals surface area contributed by atoms with Crippen LogP contribution in [-0.2, 0) is 0 Å². The maximum Gasteiger partial charge on any atom is 0.320 e. The molecule has 0 aromatic heterocycles. The van der Waals surface area contributed by atoms with Gasteiger partial charge in [-0.1, -0.05) is 13.8 Å². The van der Waals surface area contributed by atoms with E-state index in [-0.39, 0.29) is 11.6 Å². The first-order valence-electron chi connectivity index (χ1n) is 6.00. The number of urea groups is 1. The number of hydrogen-bond acceptors (Lipinski definition) is 2. The molecule has 0 spiro atoms. The first kappa shape index (κ1) is 13.3. The van der Waals surface area contributed by atoms with Gasteiger partial charge in [0.15, 0.2) is 0 Å². The summed E-state index contributed by atoms with van der Waals surface area (Å²) in [5.74, 6) is 0.504. The second-order valence-electron chi connectivity index (χ2n) is 5.66. The lowest BCUT2D eigenvalue weighted by Crippen LogP contribution is -2.51. The van der Waals surface area contributed by atoms with E-state index in [0.29, 0.717) is 12.0 Å². The maximum absolute atomic E-state index is 12.2. The van der Waals surface area contributed by atoms with Gasteiger partial charge in [0.05, 0.1) is 11.6 Å². The van der Waals surface area contributed by atoms with Crippen molar-refractivity contribution in [1.29, 1.82) is 0 Å². The van der Waals surface area contributed by atoms with E-state index in [0.717, 1.165) is 13.1 Å². The van der Waals surface area contributed by atoms with Gasteiger partial charge in [-0.3, -0.25) is 0 Å². The van der Waals surface area contributed by atoms with Gasteiger partial charge in [-0.25, -0.2) is 4.79 Å². The molecule has 0 aromatic rings. The van der Waals surface area contributed by atoms with Crippen LogP contribution in [0.4, 0.5) is 4.79 Å². The van der Waals surface area contributed by atoms with Crippen LogP contribution in [0, 0.1) is 5.92 Å². The minimum Gasteiger partial charge on any atom is -0.323 e. The van der Waals surface area contributed by atoms with Gasteiger partial charge in [0, 0.05) is 20.1 Å². The Balaban J connectivity index is 2.81. The maximum atomic E-state index is 12.2.